The second-order valence-electron chi connectivity index (χ2n) is 7.33. The Kier molecular flexibility index (Phi) is 6.58. The van der Waals surface area contributed by atoms with Crippen molar-refractivity contribution in [2.45, 2.75) is 30.8 Å². The predicted molar refractivity (Wildman–Crippen MR) is 110 cm³/mol. The van der Waals surface area contributed by atoms with Crippen LogP contribution in [0.3, 0.4) is 0 Å². The van der Waals surface area contributed by atoms with Crippen LogP contribution < -0.4 is 15.5 Å². The van der Waals surface area contributed by atoms with Crippen LogP contribution in [0.25, 0.3) is 0 Å². The Morgan fingerprint density at radius 3 is 2.88 bits per heavy atom. The van der Waals surface area contributed by atoms with E-state index in [4.69, 9.17) is 0 Å². The molecule has 0 radical (unpaired) electrons. The van der Waals surface area contributed by atoms with Gasteiger partial charge >= 0.3 is 0 Å². The number of anilines is 1. The van der Waals surface area contributed by atoms with Gasteiger partial charge in [0.05, 0.1) is 0 Å². The summed E-state index contributed by atoms with van der Waals surface area (Å²) in [5.74, 6) is 4.12. The third-order valence-corrected chi connectivity index (χ3v) is 6.67. The topological polar surface area (TPSA) is 68.7 Å². The van der Waals surface area contributed by atoms with Gasteiger partial charge in [0.15, 0.2) is 5.96 Å². The van der Waals surface area contributed by atoms with Gasteiger partial charge in [-0.3, -0.25) is 4.99 Å². The van der Waals surface area contributed by atoms with E-state index in [-0.39, 0.29) is 5.54 Å². The Hall–Kier alpha value is -1.54. The van der Waals surface area contributed by atoms with Crippen molar-refractivity contribution >= 4 is 23.7 Å². The van der Waals surface area contributed by atoms with Gasteiger partial charge in [-0.1, -0.05) is 0 Å². The Morgan fingerprint density at radius 1 is 1.42 bits per heavy atom. The molecule has 2 fully saturated rings. The Balaban J connectivity index is 1.54. The molecule has 0 aromatic carbocycles. The first kappa shape index (κ1) is 19.2. The minimum Gasteiger partial charge on any atom is -0.355 e. The Bertz CT molecular complexity index is 586. The fourth-order valence-electron chi connectivity index (χ4n) is 3.61. The van der Waals surface area contributed by atoms with Crippen LogP contribution >= 0.6 is 11.8 Å². The molecular weight excluding hydrogens is 346 g/mol. The summed E-state index contributed by atoms with van der Waals surface area (Å²) >= 11 is 2.04. The molecule has 1 aromatic heterocycles. The van der Waals surface area contributed by atoms with Gasteiger partial charge in [0.2, 0.25) is 5.95 Å². The number of piperidine rings is 1. The minimum absolute atomic E-state index is 0.221. The molecule has 26 heavy (non-hydrogen) atoms. The van der Waals surface area contributed by atoms with Gasteiger partial charge in [0, 0.05) is 56.4 Å². The third-order valence-electron chi connectivity index (χ3n) is 5.44. The molecule has 0 spiro atoms. The lowest BCUT2D eigenvalue weighted by molar-refractivity contribution is 0.182. The maximum Gasteiger partial charge on any atom is 0.225 e. The number of thioether (sulfide) groups is 1. The quantitative estimate of drug-likeness (QED) is 0.587. The van der Waals surface area contributed by atoms with E-state index < -0.39 is 0 Å². The molecule has 0 amide bonds. The molecule has 0 saturated carbocycles. The van der Waals surface area contributed by atoms with Gasteiger partial charge in [-0.2, -0.15) is 11.8 Å². The molecule has 2 N–H and O–H groups in total. The first-order chi connectivity index (χ1) is 12.6. The van der Waals surface area contributed by atoms with Crippen LogP contribution in [-0.2, 0) is 0 Å². The van der Waals surface area contributed by atoms with E-state index in [9.17, 15) is 0 Å². The zero-order valence-corrected chi connectivity index (χ0v) is 16.9. The summed E-state index contributed by atoms with van der Waals surface area (Å²) in [6.07, 6.45) is 7.10. The Labute approximate surface area is 161 Å². The fourth-order valence-corrected chi connectivity index (χ4v) is 5.17. The number of guanidine groups is 1. The van der Waals surface area contributed by atoms with Crippen LogP contribution in [0.4, 0.5) is 5.95 Å². The number of aromatic nitrogens is 2. The molecule has 7 nitrogen and oxygen atoms in total. The first-order valence-corrected chi connectivity index (χ1v) is 10.5. The summed E-state index contributed by atoms with van der Waals surface area (Å²) in [5, 5.41) is 7.17. The summed E-state index contributed by atoms with van der Waals surface area (Å²) < 4.78 is 0. The predicted octanol–water partition coefficient (Wildman–Crippen LogP) is 1.05. The van der Waals surface area contributed by atoms with Gasteiger partial charge in [-0.05, 0) is 45.2 Å². The number of nitrogens with one attached hydrogen (secondary N) is 2. The highest BCUT2D eigenvalue weighted by Crippen LogP contribution is 2.31. The van der Waals surface area contributed by atoms with Crippen LogP contribution in [0.5, 0.6) is 0 Å². The van der Waals surface area contributed by atoms with Crippen LogP contribution in [0, 0.1) is 0 Å². The molecule has 2 aliphatic heterocycles. The van der Waals surface area contributed by atoms with E-state index in [0.717, 1.165) is 44.4 Å². The van der Waals surface area contributed by atoms with E-state index in [0.29, 0.717) is 6.04 Å². The first-order valence-electron chi connectivity index (χ1n) is 9.37. The summed E-state index contributed by atoms with van der Waals surface area (Å²) in [5.41, 5.74) is 0.221. The highest BCUT2D eigenvalue weighted by atomic mass is 32.2. The van der Waals surface area contributed by atoms with Crippen molar-refractivity contribution in [1.29, 1.82) is 0 Å². The molecule has 3 rings (SSSR count). The summed E-state index contributed by atoms with van der Waals surface area (Å²) in [7, 11) is 6.22. The number of rotatable bonds is 5. The molecule has 2 unspecified atom stereocenters. The average molecular weight is 378 g/mol. The zero-order chi connectivity index (χ0) is 18.4. The van der Waals surface area contributed by atoms with Crippen molar-refractivity contribution in [3.05, 3.63) is 18.5 Å². The molecular formula is C18H31N7S. The van der Waals surface area contributed by atoms with E-state index in [2.05, 4.69) is 49.5 Å². The summed E-state index contributed by atoms with van der Waals surface area (Å²) in [6, 6.07) is 2.21. The van der Waals surface area contributed by atoms with Gasteiger partial charge in [0.25, 0.3) is 0 Å². The van der Waals surface area contributed by atoms with Crippen molar-refractivity contribution in [3.63, 3.8) is 0 Å². The molecule has 1 aromatic rings. The standard InChI is InChI=1S/C18H31N7S/c1-19-16(22-13-18(24(2)3)7-11-26-14-18)23-15-6-4-10-25(12-15)17-20-8-5-9-21-17/h5,8-9,15H,4,6-7,10-14H2,1-3H3,(H2,19,22,23). The fraction of sp³-hybridized carbons (Fsp3) is 0.722. The zero-order valence-electron chi connectivity index (χ0n) is 16.1. The monoisotopic (exact) mass is 377 g/mol. The molecule has 0 aliphatic carbocycles. The number of hydrogen-bond acceptors (Lipinski definition) is 6. The Morgan fingerprint density at radius 2 is 2.23 bits per heavy atom. The normalized spacial score (nSPS) is 27.0. The molecule has 0 bridgehead atoms. The summed E-state index contributed by atoms with van der Waals surface area (Å²) in [4.78, 5) is 17.8. The maximum absolute atomic E-state index is 4.45. The number of aliphatic imine (C=N–C) groups is 1. The highest BCUT2D eigenvalue weighted by Gasteiger charge is 2.36. The molecule has 2 aliphatic rings. The molecule has 3 heterocycles. The van der Waals surface area contributed by atoms with Gasteiger partial charge < -0.3 is 20.4 Å². The van der Waals surface area contributed by atoms with Gasteiger partial charge in [-0.15, -0.1) is 0 Å². The smallest absolute Gasteiger partial charge is 0.225 e. The third kappa shape index (κ3) is 4.59. The van der Waals surface area contributed by atoms with E-state index in [1.54, 1.807) is 12.4 Å². The second-order valence-corrected chi connectivity index (χ2v) is 8.43. The van der Waals surface area contributed by atoms with Crippen molar-refractivity contribution in [2.75, 3.05) is 57.2 Å². The van der Waals surface area contributed by atoms with Crippen molar-refractivity contribution in [2.24, 2.45) is 4.99 Å². The van der Waals surface area contributed by atoms with Gasteiger partial charge in [-0.25, -0.2) is 9.97 Å². The van der Waals surface area contributed by atoms with E-state index in [1.165, 1.54) is 17.9 Å². The molecule has 2 saturated heterocycles. The second kappa shape index (κ2) is 8.90. The lowest BCUT2D eigenvalue weighted by atomic mass is 9.97. The summed E-state index contributed by atoms with van der Waals surface area (Å²) in [6.45, 7) is 2.83. The largest absolute Gasteiger partial charge is 0.355 e. The molecule has 2 atom stereocenters. The number of likely N-dealkylation sites (N-methyl/N-ethyl adjacent to an activating group) is 1. The van der Waals surface area contributed by atoms with Crippen molar-refractivity contribution in [3.8, 4) is 0 Å². The van der Waals surface area contributed by atoms with E-state index >= 15 is 0 Å². The number of hydrogen-bond donors (Lipinski definition) is 2. The lowest BCUT2D eigenvalue weighted by Gasteiger charge is -2.37. The minimum atomic E-state index is 0.221. The van der Waals surface area contributed by atoms with Crippen LogP contribution in [0.1, 0.15) is 19.3 Å². The van der Waals surface area contributed by atoms with Gasteiger partial charge in [0.1, 0.15) is 0 Å². The lowest BCUT2D eigenvalue weighted by Crippen LogP contribution is -2.57. The highest BCUT2D eigenvalue weighted by molar-refractivity contribution is 7.99. The van der Waals surface area contributed by atoms with Crippen LogP contribution in [0.2, 0.25) is 0 Å². The van der Waals surface area contributed by atoms with Crippen molar-refractivity contribution < 1.29 is 0 Å². The number of nitrogens with zero attached hydrogens (tertiary/aromatic N) is 5. The average Bonchev–Trinajstić information content (AvgIpc) is 3.16. The van der Waals surface area contributed by atoms with E-state index in [1.807, 2.05) is 24.9 Å². The maximum atomic E-state index is 4.45. The van der Waals surface area contributed by atoms with Crippen LogP contribution in [0.15, 0.2) is 23.5 Å². The SMILES string of the molecule is CN=C(NCC1(N(C)C)CCSC1)NC1CCCN(c2ncccn2)C1. The molecule has 144 valence electrons. The molecule has 8 heteroatoms. The van der Waals surface area contributed by atoms with Crippen molar-refractivity contribution in [1.82, 2.24) is 25.5 Å². The van der Waals surface area contributed by atoms with Crippen LogP contribution in [-0.4, -0.2) is 84.7 Å².